The molecule has 0 radical (unpaired) electrons. The Morgan fingerprint density at radius 1 is 1.35 bits per heavy atom. The highest BCUT2D eigenvalue weighted by molar-refractivity contribution is 5.76. The van der Waals surface area contributed by atoms with E-state index in [-0.39, 0.29) is 31.9 Å². The van der Waals surface area contributed by atoms with Gasteiger partial charge in [-0.05, 0) is 0 Å². The molecule has 0 unspecified atom stereocenters. The highest BCUT2D eigenvalue weighted by Crippen LogP contribution is 2.29. The summed E-state index contributed by atoms with van der Waals surface area (Å²) in [5.74, 6) is -1.55. The summed E-state index contributed by atoms with van der Waals surface area (Å²) in [4.78, 5) is 22.5. The van der Waals surface area contributed by atoms with E-state index < -0.39 is 29.4 Å². The maximum Gasteiger partial charge on any atom is 0.451 e. The van der Waals surface area contributed by atoms with Gasteiger partial charge in [0.15, 0.2) is 5.82 Å². The zero-order valence-corrected chi connectivity index (χ0v) is 10.1. The van der Waals surface area contributed by atoms with Crippen molar-refractivity contribution in [3.05, 3.63) is 21.8 Å². The van der Waals surface area contributed by atoms with Gasteiger partial charge in [-0.25, -0.2) is 0 Å². The first-order valence-electron chi connectivity index (χ1n) is 5.68. The van der Waals surface area contributed by atoms with Crippen LogP contribution < -0.4 is 0 Å². The minimum atomic E-state index is -4.59. The lowest BCUT2D eigenvalue weighted by molar-refractivity contribution is -0.478. The first kappa shape index (κ1) is 14.2. The molecule has 0 saturated carbocycles. The highest BCUT2D eigenvalue weighted by atomic mass is 19.4. The molecule has 20 heavy (non-hydrogen) atoms. The van der Waals surface area contributed by atoms with Gasteiger partial charge in [0, 0.05) is 18.0 Å². The van der Waals surface area contributed by atoms with Gasteiger partial charge in [0.1, 0.15) is 0 Å². The minimum absolute atomic E-state index is 0.0260. The molecule has 0 saturated heterocycles. The largest absolute Gasteiger partial charge is 0.451 e. The third kappa shape index (κ3) is 2.86. The van der Waals surface area contributed by atoms with Crippen molar-refractivity contribution in [1.29, 1.82) is 0 Å². The van der Waals surface area contributed by atoms with E-state index >= 15 is 0 Å². The number of carbonyl (C=O) groups is 1. The van der Waals surface area contributed by atoms with Crippen LogP contribution in [0.3, 0.4) is 0 Å². The standard InChI is InChI=1S/C9H10F3N5O3/c10-9(11,12)8-14-13-6-5-15(3-4-16(6)8)7(18)1-2-17(19)20/h1-5H2. The van der Waals surface area contributed by atoms with E-state index in [0.29, 0.717) is 0 Å². The molecule has 2 heterocycles. The van der Waals surface area contributed by atoms with Gasteiger partial charge in [0.25, 0.3) is 0 Å². The van der Waals surface area contributed by atoms with Crippen LogP contribution in [0.2, 0.25) is 0 Å². The topological polar surface area (TPSA) is 94.2 Å². The summed E-state index contributed by atoms with van der Waals surface area (Å²) in [6.45, 7) is -0.665. The van der Waals surface area contributed by atoms with Crippen molar-refractivity contribution < 1.29 is 22.9 Å². The lowest BCUT2D eigenvalue weighted by Gasteiger charge is -2.27. The zero-order chi connectivity index (χ0) is 14.9. The van der Waals surface area contributed by atoms with E-state index in [9.17, 15) is 28.1 Å². The van der Waals surface area contributed by atoms with Crippen LogP contribution >= 0.6 is 0 Å². The molecule has 0 aliphatic carbocycles. The molecule has 110 valence electrons. The molecule has 0 atom stereocenters. The lowest BCUT2D eigenvalue weighted by atomic mass is 10.3. The average Bonchev–Trinajstić information content (AvgIpc) is 2.78. The molecule has 0 fully saturated rings. The summed E-state index contributed by atoms with van der Waals surface area (Å²) in [5.41, 5.74) is 0. The van der Waals surface area contributed by atoms with Crippen molar-refractivity contribution in [3.63, 3.8) is 0 Å². The number of halogens is 3. The molecule has 1 aromatic rings. The van der Waals surface area contributed by atoms with Crippen LogP contribution in [-0.2, 0) is 24.1 Å². The Morgan fingerprint density at radius 2 is 2.05 bits per heavy atom. The van der Waals surface area contributed by atoms with Gasteiger partial charge < -0.3 is 9.47 Å². The van der Waals surface area contributed by atoms with Crippen molar-refractivity contribution in [2.24, 2.45) is 0 Å². The number of nitrogens with zero attached hydrogens (tertiary/aromatic N) is 5. The molecular weight excluding hydrogens is 283 g/mol. The molecule has 1 aliphatic heterocycles. The van der Waals surface area contributed by atoms with Crippen molar-refractivity contribution in [2.75, 3.05) is 13.1 Å². The second-order valence-electron chi connectivity index (χ2n) is 4.21. The molecule has 0 bridgehead atoms. The van der Waals surface area contributed by atoms with Crippen LogP contribution in [0.4, 0.5) is 13.2 Å². The number of amides is 1. The van der Waals surface area contributed by atoms with Gasteiger partial charge in [-0.1, -0.05) is 0 Å². The molecule has 1 amide bonds. The number of hydrogen-bond donors (Lipinski definition) is 0. The molecule has 11 heteroatoms. The van der Waals surface area contributed by atoms with Crippen LogP contribution in [0.5, 0.6) is 0 Å². The Morgan fingerprint density at radius 3 is 2.65 bits per heavy atom. The van der Waals surface area contributed by atoms with E-state index in [1.54, 1.807) is 0 Å². The third-order valence-electron chi connectivity index (χ3n) is 2.87. The third-order valence-corrected chi connectivity index (χ3v) is 2.87. The first-order valence-corrected chi connectivity index (χ1v) is 5.68. The van der Waals surface area contributed by atoms with Gasteiger partial charge in [-0.2, -0.15) is 13.2 Å². The maximum absolute atomic E-state index is 12.6. The van der Waals surface area contributed by atoms with E-state index in [0.717, 1.165) is 4.57 Å². The number of alkyl halides is 3. The number of aromatic nitrogens is 3. The summed E-state index contributed by atoms with van der Waals surface area (Å²) >= 11 is 0. The number of rotatable bonds is 3. The molecule has 1 aromatic heterocycles. The van der Waals surface area contributed by atoms with Crippen molar-refractivity contribution >= 4 is 5.91 Å². The fourth-order valence-corrected chi connectivity index (χ4v) is 1.93. The van der Waals surface area contributed by atoms with Crippen LogP contribution in [0.1, 0.15) is 18.1 Å². The van der Waals surface area contributed by atoms with Crippen LogP contribution in [0.25, 0.3) is 0 Å². The Hall–Kier alpha value is -2.20. The monoisotopic (exact) mass is 293 g/mol. The molecule has 8 nitrogen and oxygen atoms in total. The lowest BCUT2D eigenvalue weighted by Crippen LogP contribution is -2.39. The van der Waals surface area contributed by atoms with Crippen molar-refractivity contribution in [1.82, 2.24) is 19.7 Å². The Kier molecular flexibility index (Phi) is 3.59. The number of fused-ring (bicyclic) bond motifs is 1. The molecule has 2 rings (SSSR count). The maximum atomic E-state index is 12.6. The van der Waals surface area contributed by atoms with Gasteiger partial charge in [-0.15, -0.1) is 10.2 Å². The van der Waals surface area contributed by atoms with Gasteiger partial charge in [-0.3, -0.25) is 14.9 Å². The van der Waals surface area contributed by atoms with E-state index in [1.807, 2.05) is 0 Å². The van der Waals surface area contributed by atoms with Crippen LogP contribution in [0, 0.1) is 10.1 Å². The number of nitro groups is 1. The van der Waals surface area contributed by atoms with Crippen molar-refractivity contribution in [3.8, 4) is 0 Å². The Labute approximate surface area is 110 Å². The molecule has 1 aliphatic rings. The predicted octanol–water partition coefficient (Wildman–Crippen LogP) is 0.306. The predicted molar refractivity (Wildman–Crippen MR) is 56.9 cm³/mol. The number of hydrogen-bond acceptors (Lipinski definition) is 5. The van der Waals surface area contributed by atoms with Gasteiger partial charge >= 0.3 is 6.18 Å². The molecular formula is C9H10F3N5O3. The van der Waals surface area contributed by atoms with Crippen LogP contribution in [-0.4, -0.2) is 43.6 Å². The quantitative estimate of drug-likeness (QED) is 0.590. The van der Waals surface area contributed by atoms with E-state index in [1.165, 1.54) is 4.90 Å². The summed E-state index contributed by atoms with van der Waals surface area (Å²) < 4.78 is 38.7. The summed E-state index contributed by atoms with van der Waals surface area (Å²) in [7, 11) is 0. The highest BCUT2D eigenvalue weighted by Gasteiger charge is 2.39. The average molecular weight is 293 g/mol. The Bertz CT molecular complexity index is 541. The van der Waals surface area contributed by atoms with Crippen LogP contribution in [0.15, 0.2) is 0 Å². The van der Waals surface area contributed by atoms with Crippen molar-refractivity contribution in [2.45, 2.75) is 25.7 Å². The van der Waals surface area contributed by atoms with E-state index in [4.69, 9.17) is 0 Å². The number of carbonyl (C=O) groups excluding carboxylic acids is 1. The molecule has 0 spiro atoms. The fourth-order valence-electron chi connectivity index (χ4n) is 1.93. The summed E-state index contributed by atoms with van der Waals surface area (Å²) in [6, 6.07) is 0. The molecule has 0 N–H and O–H groups in total. The fraction of sp³-hybridized carbons (Fsp3) is 0.667. The first-order chi connectivity index (χ1) is 9.29. The second kappa shape index (κ2) is 5.06. The normalized spacial score (nSPS) is 15.1. The summed E-state index contributed by atoms with van der Waals surface area (Å²) in [5, 5.41) is 16.7. The minimum Gasteiger partial charge on any atom is -0.333 e. The van der Waals surface area contributed by atoms with E-state index in [2.05, 4.69) is 10.2 Å². The van der Waals surface area contributed by atoms with Gasteiger partial charge in [0.05, 0.1) is 13.0 Å². The zero-order valence-electron chi connectivity index (χ0n) is 10.1. The molecule has 0 aromatic carbocycles. The summed E-state index contributed by atoms with van der Waals surface area (Å²) in [6.07, 6.45) is -4.88. The Balaban J connectivity index is 2.07. The second-order valence-corrected chi connectivity index (χ2v) is 4.21. The van der Waals surface area contributed by atoms with Gasteiger partial charge in [0.2, 0.25) is 18.3 Å². The SMILES string of the molecule is O=C(CC[N+](=O)[O-])N1CCn2c(nnc2C(F)(F)F)C1. The smallest absolute Gasteiger partial charge is 0.333 e.